The third kappa shape index (κ3) is 3.83. The molecule has 1 heterocycles. The van der Waals surface area contributed by atoms with Gasteiger partial charge in [-0.25, -0.2) is 13.8 Å². The summed E-state index contributed by atoms with van der Waals surface area (Å²) in [6.45, 7) is 0.520. The lowest BCUT2D eigenvalue weighted by Crippen LogP contribution is -2.27. The van der Waals surface area contributed by atoms with E-state index in [1.165, 1.54) is 28.4 Å². The minimum absolute atomic E-state index is 0.0503. The summed E-state index contributed by atoms with van der Waals surface area (Å²) in [6.07, 6.45) is 0.619. The van der Waals surface area contributed by atoms with Gasteiger partial charge < -0.3 is 10.6 Å². The van der Waals surface area contributed by atoms with E-state index < -0.39 is 11.6 Å². The third-order valence-electron chi connectivity index (χ3n) is 2.90. The van der Waals surface area contributed by atoms with Gasteiger partial charge in [-0.2, -0.15) is 0 Å². The first kappa shape index (κ1) is 15.5. The van der Waals surface area contributed by atoms with Crippen molar-refractivity contribution < 1.29 is 13.6 Å². The SMILES string of the molecule is CN(Cc1ccc(F)cc1F)C(=O)c1csc(CCN)n1. The molecule has 0 spiro atoms. The second kappa shape index (κ2) is 6.73. The van der Waals surface area contributed by atoms with Crippen molar-refractivity contribution in [3.05, 3.63) is 51.5 Å². The van der Waals surface area contributed by atoms with Crippen molar-refractivity contribution in [2.24, 2.45) is 5.73 Å². The van der Waals surface area contributed by atoms with Gasteiger partial charge in [0.15, 0.2) is 0 Å². The van der Waals surface area contributed by atoms with Gasteiger partial charge >= 0.3 is 0 Å². The highest BCUT2D eigenvalue weighted by molar-refractivity contribution is 7.09. The van der Waals surface area contributed by atoms with Crippen molar-refractivity contribution in [2.75, 3.05) is 13.6 Å². The molecule has 0 aliphatic rings. The van der Waals surface area contributed by atoms with Gasteiger partial charge in [-0.1, -0.05) is 6.07 Å². The van der Waals surface area contributed by atoms with Crippen LogP contribution in [0.3, 0.4) is 0 Å². The standard InChI is InChI=1S/C14H15F2N3OS/c1-19(7-9-2-3-10(15)6-11(9)16)14(20)12-8-21-13(18-12)4-5-17/h2-3,6,8H,4-5,7,17H2,1H3. The molecule has 0 saturated heterocycles. The highest BCUT2D eigenvalue weighted by Crippen LogP contribution is 2.15. The van der Waals surface area contributed by atoms with E-state index in [0.29, 0.717) is 18.7 Å². The highest BCUT2D eigenvalue weighted by Gasteiger charge is 2.17. The predicted octanol–water partition coefficient (Wildman–Crippen LogP) is 2.19. The summed E-state index contributed by atoms with van der Waals surface area (Å²) >= 11 is 1.37. The fourth-order valence-corrected chi connectivity index (χ4v) is 2.61. The lowest BCUT2D eigenvalue weighted by atomic mass is 10.2. The number of thiazole rings is 1. The number of benzene rings is 1. The van der Waals surface area contributed by atoms with Crippen molar-refractivity contribution in [2.45, 2.75) is 13.0 Å². The molecule has 7 heteroatoms. The average Bonchev–Trinajstić information content (AvgIpc) is 2.90. The van der Waals surface area contributed by atoms with Crippen molar-refractivity contribution >= 4 is 17.2 Å². The van der Waals surface area contributed by atoms with Crippen molar-refractivity contribution in [1.29, 1.82) is 0 Å². The molecule has 2 N–H and O–H groups in total. The van der Waals surface area contributed by atoms with Crippen LogP contribution in [-0.2, 0) is 13.0 Å². The number of rotatable bonds is 5. The molecule has 1 aromatic carbocycles. The van der Waals surface area contributed by atoms with Crippen LogP contribution in [0.1, 0.15) is 21.1 Å². The Bertz CT molecular complexity index is 645. The fraction of sp³-hybridized carbons (Fsp3) is 0.286. The van der Waals surface area contributed by atoms with E-state index in [-0.39, 0.29) is 18.0 Å². The van der Waals surface area contributed by atoms with Gasteiger partial charge in [-0.15, -0.1) is 11.3 Å². The van der Waals surface area contributed by atoms with Crippen LogP contribution in [-0.4, -0.2) is 29.4 Å². The van der Waals surface area contributed by atoms with E-state index in [2.05, 4.69) is 4.98 Å². The fourth-order valence-electron chi connectivity index (χ4n) is 1.82. The monoisotopic (exact) mass is 311 g/mol. The zero-order chi connectivity index (χ0) is 15.4. The second-order valence-corrected chi connectivity index (χ2v) is 5.50. The van der Waals surface area contributed by atoms with Crippen LogP contribution in [0.25, 0.3) is 0 Å². The number of carbonyl (C=O) groups is 1. The van der Waals surface area contributed by atoms with E-state index in [0.717, 1.165) is 11.1 Å². The molecular formula is C14H15F2N3OS. The van der Waals surface area contributed by atoms with Crippen LogP contribution in [0.4, 0.5) is 8.78 Å². The highest BCUT2D eigenvalue weighted by atomic mass is 32.1. The Hall–Kier alpha value is -1.86. The zero-order valence-corrected chi connectivity index (χ0v) is 12.3. The second-order valence-electron chi connectivity index (χ2n) is 4.56. The summed E-state index contributed by atoms with van der Waals surface area (Å²) in [5.41, 5.74) is 6.00. The van der Waals surface area contributed by atoms with Crippen LogP contribution >= 0.6 is 11.3 Å². The number of amides is 1. The van der Waals surface area contributed by atoms with Crippen LogP contribution in [0, 0.1) is 11.6 Å². The molecule has 2 aromatic rings. The number of nitrogens with zero attached hydrogens (tertiary/aromatic N) is 2. The maximum absolute atomic E-state index is 13.6. The molecule has 0 radical (unpaired) electrons. The van der Waals surface area contributed by atoms with Crippen LogP contribution in [0.15, 0.2) is 23.6 Å². The normalized spacial score (nSPS) is 10.7. The van der Waals surface area contributed by atoms with E-state index in [1.807, 2.05) is 0 Å². The van der Waals surface area contributed by atoms with Gasteiger partial charge in [-0.05, 0) is 12.6 Å². The van der Waals surface area contributed by atoms with Gasteiger partial charge in [0.1, 0.15) is 17.3 Å². The summed E-state index contributed by atoms with van der Waals surface area (Å²) < 4.78 is 26.4. The third-order valence-corrected chi connectivity index (χ3v) is 3.81. The smallest absolute Gasteiger partial charge is 0.273 e. The van der Waals surface area contributed by atoms with Crippen molar-refractivity contribution in [3.63, 3.8) is 0 Å². The summed E-state index contributed by atoms with van der Waals surface area (Å²) in [5, 5.41) is 2.45. The largest absolute Gasteiger partial charge is 0.336 e. The Morgan fingerprint density at radius 2 is 2.19 bits per heavy atom. The Kier molecular flexibility index (Phi) is 4.98. The molecular weight excluding hydrogens is 296 g/mol. The average molecular weight is 311 g/mol. The van der Waals surface area contributed by atoms with E-state index >= 15 is 0 Å². The summed E-state index contributed by atoms with van der Waals surface area (Å²) in [7, 11) is 1.55. The molecule has 0 aliphatic carbocycles. The predicted molar refractivity (Wildman–Crippen MR) is 77.0 cm³/mol. The van der Waals surface area contributed by atoms with Crippen LogP contribution < -0.4 is 5.73 Å². The minimum atomic E-state index is -0.670. The Balaban J connectivity index is 2.08. The molecule has 0 fully saturated rings. The number of halogens is 2. The molecule has 112 valence electrons. The van der Waals surface area contributed by atoms with Crippen molar-refractivity contribution in [3.8, 4) is 0 Å². The number of hydrogen-bond donors (Lipinski definition) is 1. The van der Waals surface area contributed by atoms with Crippen LogP contribution in [0.5, 0.6) is 0 Å². The number of carbonyl (C=O) groups excluding carboxylic acids is 1. The Labute approximate surface area is 125 Å². The maximum Gasteiger partial charge on any atom is 0.273 e. The lowest BCUT2D eigenvalue weighted by molar-refractivity contribution is 0.0778. The van der Waals surface area contributed by atoms with Crippen molar-refractivity contribution in [1.82, 2.24) is 9.88 Å². The summed E-state index contributed by atoms with van der Waals surface area (Å²) in [6, 6.07) is 3.30. The molecule has 0 bridgehead atoms. The summed E-state index contributed by atoms with van der Waals surface area (Å²) in [4.78, 5) is 17.7. The first-order chi connectivity index (χ1) is 10.0. The first-order valence-electron chi connectivity index (χ1n) is 6.35. The molecule has 1 aromatic heterocycles. The van der Waals surface area contributed by atoms with Gasteiger partial charge in [0.05, 0.1) is 5.01 Å². The van der Waals surface area contributed by atoms with Gasteiger partial charge in [-0.3, -0.25) is 4.79 Å². The van der Waals surface area contributed by atoms with Gasteiger partial charge in [0, 0.05) is 37.0 Å². The lowest BCUT2D eigenvalue weighted by Gasteiger charge is -2.16. The minimum Gasteiger partial charge on any atom is -0.336 e. The molecule has 1 amide bonds. The van der Waals surface area contributed by atoms with E-state index in [1.54, 1.807) is 12.4 Å². The molecule has 4 nitrogen and oxygen atoms in total. The summed E-state index contributed by atoms with van der Waals surface area (Å²) in [5.74, 6) is -1.62. The van der Waals surface area contributed by atoms with E-state index in [4.69, 9.17) is 5.73 Å². The van der Waals surface area contributed by atoms with Gasteiger partial charge in [0.2, 0.25) is 0 Å². The molecule has 0 aliphatic heterocycles. The zero-order valence-electron chi connectivity index (χ0n) is 11.5. The quantitative estimate of drug-likeness (QED) is 0.921. The molecule has 0 saturated carbocycles. The topological polar surface area (TPSA) is 59.2 Å². The molecule has 21 heavy (non-hydrogen) atoms. The van der Waals surface area contributed by atoms with Gasteiger partial charge in [0.25, 0.3) is 5.91 Å². The molecule has 0 unspecified atom stereocenters. The number of hydrogen-bond acceptors (Lipinski definition) is 4. The number of aromatic nitrogens is 1. The van der Waals surface area contributed by atoms with E-state index in [9.17, 15) is 13.6 Å². The number of nitrogens with two attached hydrogens (primary N) is 1. The maximum atomic E-state index is 13.6. The first-order valence-corrected chi connectivity index (χ1v) is 7.23. The van der Waals surface area contributed by atoms with Crippen LogP contribution in [0.2, 0.25) is 0 Å². The Morgan fingerprint density at radius 1 is 1.43 bits per heavy atom. The molecule has 2 rings (SSSR count). The molecule has 0 atom stereocenters. The Morgan fingerprint density at radius 3 is 2.86 bits per heavy atom.